The molecule has 2 aliphatic heterocycles. The average molecular weight is 384 g/mol. The second kappa shape index (κ2) is 6.76. The summed E-state index contributed by atoms with van der Waals surface area (Å²) in [6.07, 6.45) is 1.78. The van der Waals surface area contributed by atoms with Crippen LogP contribution in [0.2, 0.25) is 0 Å². The molecule has 5 nitrogen and oxygen atoms in total. The smallest absolute Gasteiger partial charge is 0.399 e. The molecule has 6 heteroatoms. The number of anilines is 1. The van der Waals surface area contributed by atoms with E-state index in [0.717, 1.165) is 24.0 Å². The molecule has 1 N–H and O–H groups in total. The molecule has 152 valence electrons. The van der Waals surface area contributed by atoms with Crippen LogP contribution < -0.4 is 10.8 Å². The maximum Gasteiger partial charge on any atom is 0.494 e. The van der Waals surface area contributed by atoms with Crippen molar-refractivity contribution in [3.05, 3.63) is 23.8 Å². The first-order valence-corrected chi connectivity index (χ1v) is 10.1. The first kappa shape index (κ1) is 21.2. The summed E-state index contributed by atoms with van der Waals surface area (Å²) in [6.45, 7) is 16.6. The molecule has 0 unspecified atom stereocenters. The van der Waals surface area contributed by atoms with Crippen molar-refractivity contribution in [3.8, 4) is 6.07 Å². The Morgan fingerprint density at radius 3 is 2.00 bits per heavy atom. The van der Waals surface area contributed by atoms with Crippen molar-refractivity contribution in [2.24, 2.45) is 0 Å². The second-order valence-electron chi connectivity index (χ2n) is 10.4. The van der Waals surface area contributed by atoms with Gasteiger partial charge in [0, 0.05) is 6.04 Å². The van der Waals surface area contributed by atoms with E-state index in [1.807, 2.05) is 45.9 Å². The predicted octanol–water partition coefficient (Wildman–Crippen LogP) is 4.01. The van der Waals surface area contributed by atoms with Gasteiger partial charge >= 0.3 is 7.12 Å². The molecule has 0 saturated carbocycles. The Bertz CT molecular complexity index is 763. The van der Waals surface area contributed by atoms with E-state index in [2.05, 4.69) is 39.1 Å². The maximum atomic E-state index is 9.73. The standard InChI is InChI=1S/C22H33BN2O3/c1-19(2)12-17(13-20(3,4)26-19)25-18-10-9-16(11-15(18)14-24)23-27-21(5,6)22(7,8)28-23/h9-11,17,25H,12-13H2,1-8H3. The Morgan fingerprint density at radius 2 is 1.50 bits per heavy atom. The maximum absolute atomic E-state index is 9.73. The van der Waals surface area contributed by atoms with Crippen LogP contribution in [0.4, 0.5) is 5.69 Å². The summed E-state index contributed by atoms with van der Waals surface area (Å²) in [5, 5.41) is 13.3. The third-order valence-corrected chi connectivity index (χ3v) is 6.08. The van der Waals surface area contributed by atoms with E-state index in [1.54, 1.807) is 0 Å². The fraction of sp³-hybridized carbons (Fsp3) is 0.682. The molecule has 1 aromatic rings. The van der Waals surface area contributed by atoms with Gasteiger partial charge in [-0.15, -0.1) is 0 Å². The van der Waals surface area contributed by atoms with Crippen molar-refractivity contribution in [2.45, 2.75) is 96.7 Å². The van der Waals surface area contributed by atoms with E-state index in [4.69, 9.17) is 14.0 Å². The van der Waals surface area contributed by atoms with E-state index < -0.39 is 18.3 Å². The van der Waals surface area contributed by atoms with Crippen LogP contribution in [0.3, 0.4) is 0 Å². The third-order valence-electron chi connectivity index (χ3n) is 6.08. The molecule has 2 fully saturated rings. The van der Waals surface area contributed by atoms with Gasteiger partial charge in [-0.25, -0.2) is 0 Å². The molecule has 0 amide bonds. The van der Waals surface area contributed by atoms with Crippen molar-refractivity contribution in [1.82, 2.24) is 0 Å². The van der Waals surface area contributed by atoms with E-state index in [9.17, 15) is 5.26 Å². The third kappa shape index (κ3) is 4.22. The number of hydrogen-bond acceptors (Lipinski definition) is 5. The van der Waals surface area contributed by atoms with Crippen LogP contribution in [0, 0.1) is 11.3 Å². The molecule has 0 aromatic heterocycles. The number of rotatable bonds is 3. The summed E-state index contributed by atoms with van der Waals surface area (Å²) in [5.74, 6) is 0. The Labute approximate surface area is 169 Å². The summed E-state index contributed by atoms with van der Waals surface area (Å²) < 4.78 is 18.4. The summed E-state index contributed by atoms with van der Waals surface area (Å²) in [6, 6.07) is 8.40. The van der Waals surface area contributed by atoms with Gasteiger partial charge in [-0.2, -0.15) is 5.26 Å². The van der Waals surface area contributed by atoms with Crippen LogP contribution in [-0.4, -0.2) is 35.6 Å². The fourth-order valence-corrected chi connectivity index (χ4v) is 4.32. The van der Waals surface area contributed by atoms with Crippen LogP contribution in [0.5, 0.6) is 0 Å². The van der Waals surface area contributed by atoms with Gasteiger partial charge in [-0.1, -0.05) is 6.07 Å². The van der Waals surface area contributed by atoms with Gasteiger partial charge in [0.2, 0.25) is 0 Å². The molecule has 2 saturated heterocycles. The monoisotopic (exact) mass is 384 g/mol. The normalized spacial score (nSPS) is 25.3. The van der Waals surface area contributed by atoms with Crippen LogP contribution in [0.25, 0.3) is 0 Å². The molecule has 0 bridgehead atoms. The van der Waals surface area contributed by atoms with E-state index in [-0.39, 0.29) is 17.2 Å². The van der Waals surface area contributed by atoms with Gasteiger partial charge in [0.15, 0.2) is 0 Å². The zero-order valence-electron chi connectivity index (χ0n) is 18.5. The molecule has 2 aliphatic rings. The largest absolute Gasteiger partial charge is 0.494 e. The van der Waals surface area contributed by atoms with Gasteiger partial charge in [-0.3, -0.25) is 0 Å². The first-order chi connectivity index (χ1) is 12.7. The molecule has 0 spiro atoms. The minimum absolute atomic E-state index is 0.200. The molecule has 0 aliphatic carbocycles. The van der Waals surface area contributed by atoms with Gasteiger partial charge < -0.3 is 19.4 Å². The van der Waals surface area contributed by atoms with Crippen molar-refractivity contribution >= 4 is 18.3 Å². The van der Waals surface area contributed by atoms with Crippen LogP contribution in [0.15, 0.2) is 18.2 Å². The highest BCUT2D eigenvalue weighted by Crippen LogP contribution is 2.38. The zero-order valence-corrected chi connectivity index (χ0v) is 18.5. The Morgan fingerprint density at radius 1 is 0.964 bits per heavy atom. The highest BCUT2D eigenvalue weighted by Gasteiger charge is 2.51. The van der Waals surface area contributed by atoms with Gasteiger partial charge in [0.1, 0.15) is 6.07 Å². The highest BCUT2D eigenvalue weighted by atomic mass is 16.7. The summed E-state index contributed by atoms with van der Waals surface area (Å²) >= 11 is 0. The molecular weight excluding hydrogens is 351 g/mol. The number of nitrogens with zero attached hydrogens (tertiary/aromatic N) is 1. The van der Waals surface area contributed by atoms with Gasteiger partial charge in [-0.05, 0) is 85.8 Å². The fourth-order valence-electron chi connectivity index (χ4n) is 4.32. The van der Waals surface area contributed by atoms with Crippen molar-refractivity contribution < 1.29 is 14.0 Å². The number of benzene rings is 1. The quantitative estimate of drug-likeness (QED) is 0.798. The number of nitriles is 1. The number of ether oxygens (including phenoxy) is 1. The summed E-state index contributed by atoms with van der Waals surface area (Å²) in [5.41, 5.74) is 1.12. The Kier molecular flexibility index (Phi) is 5.11. The van der Waals surface area contributed by atoms with Crippen molar-refractivity contribution in [3.63, 3.8) is 0 Å². The minimum Gasteiger partial charge on any atom is -0.399 e. The molecule has 0 radical (unpaired) electrons. The van der Waals surface area contributed by atoms with Gasteiger partial charge in [0.25, 0.3) is 0 Å². The molecule has 2 heterocycles. The summed E-state index contributed by atoms with van der Waals surface area (Å²) in [4.78, 5) is 0. The first-order valence-electron chi connectivity index (χ1n) is 10.1. The van der Waals surface area contributed by atoms with Gasteiger partial charge in [0.05, 0.1) is 33.7 Å². The van der Waals surface area contributed by atoms with E-state index >= 15 is 0 Å². The van der Waals surface area contributed by atoms with E-state index in [0.29, 0.717) is 5.56 Å². The van der Waals surface area contributed by atoms with Crippen LogP contribution in [0.1, 0.15) is 73.8 Å². The average Bonchev–Trinajstić information content (AvgIpc) is 2.72. The lowest BCUT2D eigenvalue weighted by Gasteiger charge is -2.45. The molecule has 3 rings (SSSR count). The number of nitrogens with one attached hydrogen (secondary N) is 1. The molecule has 1 aromatic carbocycles. The van der Waals surface area contributed by atoms with E-state index in [1.165, 1.54) is 0 Å². The second-order valence-corrected chi connectivity index (χ2v) is 10.4. The van der Waals surface area contributed by atoms with Crippen molar-refractivity contribution in [2.75, 3.05) is 5.32 Å². The minimum atomic E-state index is -0.466. The topological polar surface area (TPSA) is 63.5 Å². The van der Waals surface area contributed by atoms with Crippen molar-refractivity contribution in [1.29, 1.82) is 5.26 Å². The number of hydrogen-bond donors (Lipinski definition) is 1. The van der Waals surface area contributed by atoms with Crippen LogP contribution >= 0.6 is 0 Å². The Balaban J connectivity index is 1.81. The summed E-state index contributed by atoms with van der Waals surface area (Å²) in [7, 11) is -0.466. The highest BCUT2D eigenvalue weighted by molar-refractivity contribution is 6.62. The van der Waals surface area contributed by atoms with Crippen LogP contribution in [-0.2, 0) is 14.0 Å². The molecule has 0 atom stereocenters. The molecular formula is C22H33BN2O3. The lowest BCUT2D eigenvalue weighted by Crippen LogP contribution is -2.49. The predicted molar refractivity (Wildman–Crippen MR) is 113 cm³/mol. The Hall–Kier alpha value is -1.55. The zero-order chi connectivity index (χ0) is 21.0. The lowest BCUT2D eigenvalue weighted by atomic mass is 9.78. The SMILES string of the molecule is CC1(C)CC(Nc2ccc(B3OC(C)(C)C(C)(C)O3)cc2C#N)CC(C)(C)O1. The lowest BCUT2D eigenvalue weighted by molar-refractivity contribution is -0.158. The molecule has 28 heavy (non-hydrogen) atoms.